The van der Waals surface area contributed by atoms with Crippen LogP contribution in [0.25, 0.3) is 0 Å². The molecular formula is C17H21BrN4O2. The number of benzene rings is 1. The molecule has 1 fully saturated rings. The van der Waals surface area contributed by atoms with Gasteiger partial charge in [-0.2, -0.15) is 4.98 Å². The molecule has 0 aliphatic heterocycles. The van der Waals surface area contributed by atoms with Crippen LogP contribution in [0.2, 0.25) is 0 Å². The molecule has 4 N–H and O–H groups in total. The number of methoxy groups -OCH3 is 1. The van der Waals surface area contributed by atoms with E-state index in [9.17, 15) is 0 Å². The number of halogens is 1. The van der Waals surface area contributed by atoms with Crippen molar-refractivity contribution in [2.45, 2.75) is 38.2 Å². The van der Waals surface area contributed by atoms with Crippen LogP contribution < -0.4 is 20.9 Å². The largest absolute Gasteiger partial charge is 0.493 e. The number of nitrogens with two attached hydrogens (primary N) is 2. The molecule has 0 radical (unpaired) electrons. The maximum absolute atomic E-state index is 6.10. The number of hydrogen-bond donors (Lipinski definition) is 2. The summed E-state index contributed by atoms with van der Waals surface area (Å²) in [6.45, 7) is 0. The number of anilines is 2. The van der Waals surface area contributed by atoms with Gasteiger partial charge in [-0.05, 0) is 43.4 Å². The predicted molar refractivity (Wildman–Crippen MR) is 97.2 cm³/mol. The van der Waals surface area contributed by atoms with E-state index >= 15 is 0 Å². The van der Waals surface area contributed by atoms with Gasteiger partial charge in [0.1, 0.15) is 5.82 Å². The van der Waals surface area contributed by atoms with Gasteiger partial charge in [-0.25, -0.2) is 4.98 Å². The summed E-state index contributed by atoms with van der Waals surface area (Å²) in [4.78, 5) is 8.01. The fourth-order valence-electron chi connectivity index (χ4n) is 2.93. The Balaban J connectivity index is 1.85. The van der Waals surface area contributed by atoms with E-state index in [2.05, 4.69) is 25.9 Å². The highest BCUT2D eigenvalue weighted by atomic mass is 79.9. The minimum absolute atomic E-state index is 0.174. The van der Waals surface area contributed by atoms with Crippen LogP contribution in [0.5, 0.6) is 11.5 Å². The molecule has 0 spiro atoms. The average molecular weight is 393 g/mol. The standard InChI is InChI=1S/C17H21BrN4O2/c1-23-14-7-10(6-11-9-21-17(20)22-16(11)19)13(18)8-15(14)24-12-4-2-3-5-12/h7-9,12H,2-6H2,1H3,(H4,19,20,21,22). The third-order valence-corrected chi connectivity index (χ3v) is 4.96. The zero-order chi connectivity index (χ0) is 17.1. The highest BCUT2D eigenvalue weighted by Gasteiger charge is 2.20. The number of hydrogen-bond acceptors (Lipinski definition) is 6. The molecule has 6 nitrogen and oxygen atoms in total. The van der Waals surface area contributed by atoms with E-state index in [4.69, 9.17) is 20.9 Å². The molecule has 128 valence electrons. The topological polar surface area (TPSA) is 96.3 Å². The van der Waals surface area contributed by atoms with Crippen molar-refractivity contribution in [2.24, 2.45) is 0 Å². The lowest BCUT2D eigenvalue weighted by Gasteiger charge is -2.18. The Hall–Kier alpha value is -2.02. The second-order valence-electron chi connectivity index (χ2n) is 5.93. The lowest BCUT2D eigenvalue weighted by molar-refractivity contribution is 0.200. The fourth-order valence-corrected chi connectivity index (χ4v) is 3.39. The quantitative estimate of drug-likeness (QED) is 0.809. The van der Waals surface area contributed by atoms with Crippen molar-refractivity contribution in [3.05, 3.63) is 33.9 Å². The Morgan fingerprint density at radius 1 is 1.17 bits per heavy atom. The van der Waals surface area contributed by atoms with Crippen molar-refractivity contribution in [3.8, 4) is 11.5 Å². The Kier molecular flexibility index (Phi) is 5.08. The van der Waals surface area contributed by atoms with Gasteiger partial charge < -0.3 is 20.9 Å². The van der Waals surface area contributed by atoms with Gasteiger partial charge in [-0.3, -0.25) is 0 Å². The van der Waals surface area contributed by atoms with Crippen molar-refractivity contribution in [1.82, 2.24) is 9.97 Å². The summed E-state index contributed by atoms with van der Waals surface area (Å²) in [5.74, 6) is 2.05. The second kappa shape index (κ2) is 7.25. The van der Waals surface area contributed by atoms with E-state index in [0.29, 0.717) is 12.2 Å². The van der Waals surface area contributed by atoms with E-state index in [1.54, 1.807) is 13.3 Å². The SMILES string of the molecule is COc1cc(Cc2cnc(N)nc2N)c(Br)cc1OC1CCCC1. The Morgan fingerprint density at radius 2 is 1.92 bits per heavy atom. The summed E-state index contributed by atoms with van der Waals surface area (Å²) < 4.78 is 12.5. The summed E-state index contributed by atoms with van der Waals surface area (Å²) in [6, 6.07) is 3.92. The van der Waals surface area contributed by atoms with Crippen molar-refractivity contribution >= 4 is 27.7 Å². The van der Waals surface area contributed by atoms with Crippen molar-refractivity contribution in [3.63, 3.8) is 0 Å². The maximum Gasteiger partial charge on any atom is 0.221 e. The molecule has 0 bridgehead atoms. The number of nitrogens with zero attached hydrogens (tertiary/aromatic N) is 2. The first-order valence-electron chi connectivity index (χ1n) is 7.96. The summed E-state index contributed by atoms with van der Waals surface area (Å²) >= 11 is 3.61. The van der Waals surface area contributed by atoms with Gasteiger partial charge >= 0.3 is 0 Å². The molecule has 24 heavy (non-hydrogen) atoms. The molecule has 1 aromatic carbocycles. The maximum atomic E-state index is 6.10. The van der Waals surface area contributed by atoms with Crippen molar-refractivity contribution in [1.29, 1.82) is 0 Å². The molecule has 2 aromatic rings. The number of rotatable bonds is 5. The lowest BCUT2D eigenvalue weighted by atomic mass is 10.1. The van der Waals surface area contributed by atoms with Crippen LogP contribution in [0.3, 0.4) is 0 Å². The third-order valence-electron chi connectivity index (χ3n) is 4.23. The minimum Gasteiger partial charge on any atom is -0.493 e. The summed E-state index contributed by atoms with van der Waals surface area (Å²) in [5.41, 5.74) is 13.3. The van der Waals surface area contributed by atoms with E-state index in [1.807, 2.05) is 12.1 Å². The van der Waals surface area contributed by atoms with Crippen LogP contribution in [-0.4, -0.2) is 23.2 Å². The van der Waals surface area contributed by atoms with E-state index in [-0.39, 0.29) is 12.1 Å². The molecule has 1 aromatic heterocycles. The number of ether oxygens (including phenoxy) is 2. The van der Waals surface area contributed by atoms with Gasteiger partial charge in [0.05, 0.1) is 13.2 Å². The Morgan fingerprint density at radius 3 is 2.58 bits per heavy atom. The van der Waals surface area contributed by atoms with Gasteiger partial charge in [-0.1, -0.05) is 15.9 Å². The zero-order valence-electron chi connectivity index (χ0n) is 13.6. The van der Waals surface area contributed by atoms with E-state index in [1.165, 1.54) is 12.8 Å². The zero-order valence-corrected chi connectivity index (χ0v) is 15.2. The fraction of sp³-hybridized carbons (Fsp3) is 0.412. The van der Waals surface area contributed by atoms with Gasteiger partial charge in [0.25, 0.3) is 0 Å². The monoisotopic (exact) mass is 392 g/mol. The molecule has 1 saturated carbocycles. The Bertz CT molecular complexity index is 733. The van der Waals surface area contributed by atoms with Gasteiger partial charge in [-0.15, -0.1) is 0 Å². The molecule has 0 amide bonds. The lowest BCUT2D eigenvalue weighted by Crippen LogP contribution is -2.12. The molecule has 0 atom stereocenters. The first-order valence-corrected chi connectivity index (χ1v) is 8.76. The van der Waals surface area contributed by atoms with Crippen molar-refractivity contribution < 1.29 is 9.47 Å². The van der Waals surface area contributed by atoms with Crippen LogP contribution in [0, 0.1) is 0 Å². The molecule has 0 saturated heterocycles. The van der Waals surface area contributed by atoms with E-state index in [0.717, 1.165) is 39.9 Å². The summed E-state index contributed by atoms with van der Waals surface area (Å²) in [7, 11) is 1.65. The molecule has 1 heterocycles. The first-order chi connectivity index (χ1) is 11.6. The molecule has 7 heteroatoms. The highest BCUT2D eigenvalue weighted by Crippen LogP contribution is 2.37. The smallest absolute Gasteiger partial charge is 0.221 e. The second-order valence-corrected chi connectivity index (χ2v) is 6.79. The molecular weight excluding hydrogens is 372 g/mol. The van der Waals surface area contributed by atoms with Crippen LogP contribution in [0.1, 0.15) is 36.8 Å². The predicted octanol–water partition coefficient (Wildman–Crippen LogP) is 3.32. The number of nitrogen functional groups attached to an aromatic ring is 2. The summed E-state index contributed by atoms with van der Waals surface area (Å²) in [5, 5.41) is 0. The van der Waals surface area contributed by atoms with Crippen LogP contribution in [0.4, 0.5) is 11.8 Å². The van der Waals surface area contributed by atoms with Crippen LogP contribution >= 0.6 is 15.9 Å². The third kappa shape index (κ3) is 3.72. The Labute approximate surface area is 149 Å². The molecule has 1 aliphatic carbocycles. The van der Waals surface area contributed by atoms with Gasteiger partial charge in [0, 0.05) is 22.7 Å². The minimum atomic E-state index is 0.174. The van der Waals surface area contributed by atoms with E-state index < -0.39 is 0 Å². The normalized spacial score (nSPS) is 14.8. The first kappa shape index (κ1) is 16.8. The molecule has 3 rings (SSSR count). The van der Waals surface area contributed by atoms with Crippen LogP contribution in [0.15, 0.2) is 22.8 Å². The van der Waals surface area contributed by atoms with Crippen molar-refractivity contribution in [2.75, 3.05) is 18.6 Å². The summed E-state index contributed by atoms with van der Waals surface area (Å²) in [6.07, 6.45) is 7.15. The average Bonchev–Trinajstić information content (AvgIpc) is 3.05. The number of aromatic nitrogens is 2. The molecule has 0 unspecified atom stereocenters. The van der Waals surface area contributed by atoms with Gasteiger partial charge in [0.2, 0.25) is 5.95 Å². The van der Waals surface area contributed by atoms with Gasteiger partial charge in [0.15, 0.2) is 11.5 Å². The highest BCUT2D eigenvalue weighted by molar-refractivity contribution is 9.10. The molecule has 1 aliphatic rings. The van der Waals surface area contributed by atoms with Crippen LogP contribution in [-0.2, 0) is 6.42 Å².